The predicted molar refractivity (Wildman–Crippen MR) is 110 cm³/mol. The van der Waals surface area contributed by atoms with E-state index in [0.717, 1.165) is 6.92 Å². The van der Waals surface area contributed by atoms with E-state index in [4.69, 9.17) is 23.7 Å². The lowest BCUT2D eigenvalue weighted by Crippen LogP contribution is -2.66. The van der Waals surface area contributed by atoms with Crippen molar-refractivity contribution >= 4 is 5.91 Å². The Balaban J connectivity index is 1.80. The summed E-state index contributed by atoms with van der Waals surface area (Å²) in [6, 6.07) is -1.32. The van der Waals surface area contributed by atoms with Crippen molar-refractivity contribution in [1.29, 1.82) is 0 Å². The molecule has 0 aromatic heterocycles. The van der Waals surface area contributed by atoms with Gasteiger partial charge in [-0.2, -0.15) is 0 Å². The summed E-state index contributed by atoms with van der Waals surface area (Å²) in [7, 11) is 0. The van der Waals surface area contributed by atoms with Gasteiger partial charge in [-0.3, -0.25) is 4.79 Å². The second-order valence-corrected chi connectivity index (χ2v) is 8.95. The minimum Gasteiger partial charge on any atom is -0.394 e. The lowest BCUT2D eigenvalue weighted by atomic mass is 9.96. The average molecular weight is 513 g/mol. The molecule has 15 nitrogen and oxygen atoms in total. The zero-order valence-corrected chi connectivity index (χ0v) is 19.2. The third kappa shape index (κ3) is 6.27. The molecular weight excluding hydrogens is 478 g/mol. The predicted octanol–water partition coefficient (Wildman–Crippen LogP) is -5.37. The second-order valence-electron chi connectivity index (χ2n) is 8.95. The molecular formula is C20H35NO14. The maximum atomic E-state index is 11.5. The van der Waals surface area contributed by atoms with Crippen LogP contribution in [0.25, 0.3) is 0 Å². The van der Waals surface area contributed by atoms with Crippen molar-refractivity contribution in [3.63, 3.8) is 0 Å². The highest BCUT2D eigenvalue weighted by Crippen LogP contribution is 2.32. The van der Waals surface area contributed by atoms with E-state index in [1.165, 1.54) is 6.92 Å². The number of hydrogen-bond donors (Lipinski definition) is 9. The zero-order valence-electron chi connectivity index (χ0n) is 19.2. The summed E-state index contributed by atoms with van der Waals surface area (Å²) < 4.78 is 27.9. The van der Waals surface area contributed by atoms with Gasteiger partial charge in [-0.15, -0.1) is 0 Å². The maximum Gasteiger partial charge on any atom is 0.217 e. The van der Waals surface area contributed by atoms with Crippen molar-refractivity contribution in [3.05, 3.63) is 0 Å². The van der Waals surface area contributed by atoms with Crippen LogP contribution in [0.1, 0.15) is 20.3 Å². The average Bonchev–Trinajstić information content (AvgIpc) is 2.81. The van der Waals surface area contributed by atoms with E-state index in [2.05, 4.69) is 5.32 Å². The van der Waals surface area contributed by atoms with Crippen LogP contribution in [0.3, 0.4) is 0 Å². The van der Waals surface area contributed by atoms with E-state index < -0.39 is 105 Å². The fourth-order valence-corrected chi connectivity index (χ4v) is 4.35. The molecule has 3 aliphatic heterocycles. The van der Waals surface area contributed by atoms with Crippen molar-refractivity contribution in [2.24, 2.45) is 0 Å². The SMILES string of the molecule is CC(=O)N[C@@H]1[C@@H](O)[C@H](O[C@@H]2O[C@H](CO)[C@H](O)C[C@H]2O[C@@H]2O[C@@H](C)[C@@H](O)[C@@H](O)[C@@H]2O)[C@@H](CO)O[C@H]1O. The van der Waals surface area contributed by atoms with Crippen LogP contribution in [0.2, 0.25) is 0 Å². The Morgan fingerprint density at radius 2 is 1.51 bits per heavy atom. The molecule has 0 radical (unpaired) electrons. The van der Waals surface area contributed by atoms with Crippen LogP contribution < -0.4 is 5.32 Å². The smallest absolute Gasteiger partial charge is 0.217 e. The molecule has 0 bridgehead atoms. The van der Waals surface area contributed by atoms with Crippen LogP contribution in [0, 0.1) is 0 Å². The summed E-state index contributed by atoms with van der Waals surface area (Å²) in [6.45, 7) is 1.32. The molecule has 0 spiro atoms. The summed E-state index contributed by atoms with van der Waals surface area (Å²) in [5, 5.41) is 83.1. The van der Waals surface area contributed by atoms with Crippen molar-refractivity contribution in [3.8, 4) is 0 Å². The summed E-state index contributed by atoms with van der Waals surface area (Å²) in [4.78, 5) is 11.5. The lowest BCUT2D eigenvalue weighted by molar-refractivity contribution is -0.366. The molecule has 204 valence electrons. The molecule has 14 atom stereocenters. The largest absolute Gasteiger partial charge is 0.394 e. The zero-order chi connectivity index (χ0) is 26.0. The Kier molecular flexibility index (Phi) is 9.78. The van der Waals surface area contributed by atoms with Gasteiger partial charge in [-0.05, 0) is 6.92 Å². The number of rotatable bonds is 7. The number of amides is 1. The molecule has 0 aliphatic carbocycles. The first-order valence-electron chi connectivity index (χ1n) is 11.3. The van der Waals surface area contributed by atoms with Crippen molar-refractivity contribution in [1.82, 2.24) is 5.32 Å². The molecule has 35 heavy (non-hydrogen) atoms. The summed E-state index contributed by atoms with van der Waals surface area (Å²) in [5.41, 5.74) is 0. The molecule has 3 heterocycles. The molecule has 0 unspecified atom stereocenters. The quantitative estimate of drug-likeness (QED) is 0.155. The van der Waals surface area contributed by atoms with E-state index in [-0.39, 0.29) is 6.42 Å². The molecule has 3 fully saturated rings. The molecule has 3 aliphatic rings. The van der Waals surface area contributed by atoms with Gasteiger partial charge in [0.25, 0.3) is 0 Å². The van der Waals surface area contributed by atoms with Crippen LogP contribution in [-0.2, 0) is 28.5 Å². The fourth-order valence-electron chi connectivity index (χ4n) is 4.35. The number of aliphatic hydroxyl groups excluding tert-OH is 8. The first-order chi connectivity index (χ1) is 16.5. The first kappa shape index (κ1) is 28.5. The van der Waals surface area contributed by atoms with Gasteiger partial charge in [0.05, 0.1) is 25.4 Å². The van der Waals surface area contributed by atoms with Crippen molar-refractivity contribution in [2.75, 3.05) is 13.2 Å². The van der Waals surface area contributed by atoms with Crippen LogP contribution in [0.4, 0.5) is 0 Å². The monoisotopic (exact) mass is 513 g/mol. The molecule has 15 heteroatoms. The van der Waals surface area contributed by atoms with Crippen molar-refractivity contribution < 1.29 is 69.3 Å². The number of aliphatic hydroxyl groups is 8. The van der Waals surface area contributed by atoms with Crippen LogP contribution in [0.15, 0.2) is 0 Å². The molecule has 0 saturated carbocycles. The Morgan fingerprint density at radius 1 is 0.857 bits per heavy atom. The Bertz CT molecular complexity index is 701. The molecule has 9 N–H and O–H groups in total. The number of nitrogens with one attached hydrogen (secondary N) is 1. The standard InChI is InChI=1S/C20H35NO14/c1-6-13(26)15(28)16(29)20(31-6)33-9-3-8(25)10(4-22)34-19(9)35-17-11(5-23)32-18(30)12(14(17)27)21-7(2)24/h6,8-20,22-23,25-30H,3-5H2,1-2H3,(H,21,24)/t6-,8+,9+,10+,11+,12+,13+,14+,15+,16-,17+,18+,19-,20-/m0/s1. The number of carbonyl (C=O) groups is 1. The third-order valence-corrected chi connectivity index (χ3v) is 6.35. The second kappa shape index (κ2) is 12.0. The van der Waals surface area contributed by atoms with Gasteiger partial charge in [0.2, 0.25) is 5.91 Å². The van der Waals surface area contributed by atoms with Gasteiger partial charge in [0.15, 0.2) is 18.9 Å². The van der Waals surface area contributed by atoms with Gasteiger partial charge in [-0.25, -0.2) is 0 Å². The van der Waals surface area contributed by atoms with Gasteiger partial charge in [0, 0.05) is 13.3 Å². The van der Waals surface area contributed by atoms with E-state index in [0.29, 0.717) is 0 Å². The van der Waals surface area contributed by atoms with Crippen LogP contribution >= 0.6 is 0 Å². The first-order valence-corrected chi connectivity index (χ1v) is 11.3. The Morgan fingerprint density at radius 3 is 2.11 bits per heavy atom. The maximum absolute atomic E-state index is 11.5. The highest BCUT2D eigenvalue weighted by atomic mass is 16.8. The highest BCUT2D eigenvalue weighted by molar-refractivity contribution is 5.73. The number of ether oxygens (including phenoxy) is 5. The van der Waals surface area contributed by atoms with Gasteiger partial charge >= 0.3 is 0 Å². The fraction of sp³-hybridized carbons (Fsp3) is 0.950. The third-order valence-electron chi connectivity index (χ3n) is 6.35. The topological polar surface area (TPSA) is 237 Å². The van der Waals surface area contributed by atoms with Gasteiger partial charge < -0.3 is 69.9 Å². The van der Waals surface area contributed by atoms with Crippen molar-refractivity contribution in [2.45, 2.75) is 106 Å². The summed E-state index contributed by atoms with van der Waals surface area (Å²) in [6.07, 6.45) is -18.1. The van der Waals surface area contributed by atoms with E-state index in [1.807, 2.05) is 0 Å². The lowest BCUT2D eigenvalue weighted by Gasteiger charge is -2.47. The van der Waals surface area contributed by atoms with Crippen LogP contribution in [0.5, 0.6) is 0 Å². The normalized spacial score (nSPS) is 49.0. The Labute approximate surface area is 200 Å². The minimum atomic E-state index is -1.66. The molecule has 1 amide bonds. The summed E-state index contributed by atoms with van der Waals surface area (Å²) in [5.74, 6) is -0.574. The molecule has 0 aromatic rings. The summed E-state index contributed by atoms with van der Waals surface area (Å²) >= 11 is 0. The highest BCUT2D eigenvalue weighted by Gasteiger charge is 2.51. The Hall–Kier alpha value is -1.05. The molecule has 3 rings (SSSR count). The van der Waals surface area contributed by atoms with Gasteiger partial charge in [-0.1, -0.05) is 0 Å². The molecule has 0 aromatic carbocycles. The van der Waals surface area contributed by atoms with E-state index in [9.17, 15) is 45.6 Å². The number of carbonyl (C=O) groups excluding carboxylic acids is 1. The van der Waals surface area contributed by atoms with Crippen LogP contribution in [-0.4, -0.2) is 146 Å². The minimum absolute atomic E-state index is 0.194. The van der Waals surface area contributed by atoms with Gasteiger partial charge in [0.1, 0.15) is 54.9 Å². The van der Waals surface area contributed by atoms with E-state index >= 15 is 0 Å². The molecule has 3 saturated heterocycles. The van der Waals surface area contributed by atoms with E-state index in [1.54, 1.807) is 0 Å². The number of hydrogen-bond acceptors (Lipinski definition) is 14.